The minimum atomic E-state index is 1.10. The zero-order chi connectivity index (χ0) is 8.53. The molecule has 0 fully saturated rings. The fourth-order valence-corrected chi connectivity index (χ4v) is 0.618. The number of hydrogen-bond donors (Lipinski definition) is 0. The van der Waals surface area contributed by atoms with E-state index >= 15 is 0 Å². The lowest BCUT2D eigenvalue weighted by atomic mass is 10.2. The third-order valence-electron chi connectivity index (χ3n) is 1.16. The van der Waals surface area contributed by atoms with E-state index in [1.807, 2.05) is 24.5 Å². The van der Waals surface area contributed by atoms with Crippen LogP contribution in [0, 0.1) is 0 Å². The van der Waals surface area contributed by atoms with Crippen LogP contribution in [0.3, 0.4) is 0 Å². The first-order valence-corrected chi connectivity index (χ1v) is 4.24. The van der Waals surface area contributed by atoms with Crippen LogP contribution in [0.25, 0.3) is 0 Å². The van der Waals surface area contributed by atoms with Crippen LogP contribution < -0.4 is 0 Å². The van der Waals surface area contributed by atoms with Crippen molar-refractivity contribution in [1.82, 2.24) is 4.98 Å². The van der Waals surface area contributed by atoms with Crippen molar-refractivity contribution in [2.45, 2.75) is 33.6 Å². The monoisotopic (exact) mass is 151 g/mol. The molecule has 0 bridgehead atoms. The molecular formula is C10H17N. The van der Waals surface area contributed by atoms with Gasteiger partial charge in [0, 0.05) is 12.4 Å². The topological polar surface area (TPSA) is 12.9 Å². The molecule has 1 heteroatoms. The highest BCUT2D eigenvalue weighted by Gasteiger charge is 1.80. The van der Waals surface area contributed by atoms with Gasteiger partial charge in [0.1, 0.15) is 0 Å². The highest BCUT2D eigenvalue weighted by molar-refractivity contribution is 5.08. The molecule has 62 valence electrons. The molecule has 0 atom stereocenters. The molecule has 1 aromatic rings. The number of aryl methyl sites for hydroxylation is 1. The summed E-state index contributed by atoms with van der Waals surface area (Å²) in [7, 11) is 0. The molecule has 1 nitrogen and oxygen atoms in total. The van der Waals surface area contributed by atoms with Gasteiger partial charge in [-0.25, -0.2) is 0 Å². The minimum absolute atomic E-state index is 1.10. The normalized spacial score (nSPS) is 8.27. The molecule has 0 unspecified atom stereocenters. The predicted octanol–water partition coefficient (Wildman–Crippen LogP) is 3.06. The Bertz CT molecular complexity index is 158. The average Bonchev–Trinajstić information content (AvgIpc) is 2.08. The quantitative estimate of drug-likeness (QED) is 0.601. The summed E-state index contributed by atoms with van der Waals surface area (Å²) in [6, 6.07) is 4.06. The van der Waals surface area contributed by atoms with Crippen molar-refractivity contribution in [2.75, 3.05) is 0 Å². The number of rotatable bonds is 1. The van der Waals surface area contributed by atoms with Crippen molar-refractivity contribution in [3.63, 3.8) is 0 Å². The lowest BCUT2D eigenvalue weighted by Crippen LogP contribution is -1.76. The number of nitrogens with zero attached hydrogens (tertiary/aromatic N) is 1. The zero-order valence-electron chi connectivity index (χ0n) is 7.67. The summed E-state index contributed by atoms with van der Waals surface area (Å²) in [5.41, 5.74) is 1.35. The van der Waals surface area contributed by atoms with Crippen LogP contribution in [0.5, 0.6) is 0 Å². The Kier molecular flexibility index (Phi) is 6.70. The van der Waals surface area contributed by atoms with Crippen molar-refractivity contribution in [3.8, 4) is 0 Å². The van der Waals surface area contributed by atoms with Gasteiger partial charge >= 0.3 is 0 Å². The molecule has 1 heterocycles. The molecule has 0 aliphatic rings. The third kappa shape index (κ3) is 5.59. The lowest BCUT2D eigenvalue weighted by molar-refractivity contribution is 1.09. The maximum atomic E-state index is 3.89. The largest absolute Gasteiger partial charge is 0.265 e. The van der Waals surface area contributed by atoms with Crippen molar-refractivity contribution >= 4 is 0 Å². The SMILES string of the molecule is CCC.CCc1ccncc1. The second-order valence-corrected chi connectivity index (χ2v) is 2.42. The summed E-state index contributed by atoms with van der Waals surface area (Å²) < 4.78 is 0. The van der Waals surface area contributed by atoms with Crippen LogP contribution in [0.2, 0.25) is 0 Å². The Balaban J connectivity index is 0.000000292. The number of aromatic nitrogens is 1. The fourth-order valence-electron chi connectivity index (χ4n) is 0.618. The van der Waals surface area contributed by atoms with Crippen LogP contribution in [0.1, 0.15) is 32.8 Å². The van der Waals surface area contributed by atoms with E-state index in [1.165, 1.54) is 12.0 Å². The second-order valence-electron chi connectivity index (χ2n) is 2.42. The summed E-state index contributed by atoms with van der Waals surface area (Å²) >= 11 is 0. The first-order valence-electron chi connectivity index (χ1n) is 4.24. The number of pyridine rings is 1. The van der Waals surface area contributed by atoms with Crippen molar-refractivity contribution in [1.29, 1.82) is 0 Å². The van der Waals surface area contributed by atoms with Gasteiger partial charge in [-0.05, 0) is 24.1 Å². The maximum absolute atomic E-state index is 3.89. The van der Waals surface area contributed by atoms with Gasteiger partial charge in [-0.2, -0.15) is 0 Å². The van der Waals surface area contributed by atoms with Gasteiger partial charge in [0.2, 0.25) is 0 Å². The summed E-state index contributed by atoms with van der Waals surface area (Å²) in [5.74, 6) is 0. The average molecular weight is 151 g/mol. The molecule has 0 radical (unpaired) electrons. The zero-order valence-corrected chi connectivity index (χ0v) is 7.67. The minimum Gasteiger partial charge on any atom is -0.265 e. The predicted molar refractivity (Wildman–Crippen MR) is 49.6 cm³/mol. The Morgan fingerprint density at radius 1 is 1.09 bits per heavy atom. The van der Waals surface area contributed by atoms with E-state index in [0.717, 1.165) is 6.42 Å². The Hall–Kier alpha value is -0.850. The van der Waals surface area contributed by atoms with Gasteiger partial charge < -0.3 is 0 Å². The van der Waals surface area contributed by atoms with Gasteiger partial charge in [0.25, 0.3) is 0 Å². The number of hydrogen-bond acceptors (Lipinski definition) is 1. The molecule has 0 saturated heterocycles. The standard InChI is InChI=1S/C7H9N.C3H8/c1-2-7-3-5-8-6-4-7;1-3-2/h3-6H,2H2,1H3;3H2,1-2H3. The van der Waals surface area contributed by atoms with E-state index < -0.39 is 0 Å². The van der Waals surface area contributed by atoms with E-state index in [9.17, 15) is 0 Å². The molecule has 0 aromatic carbocycles. The summed E-state index contributed by atoms with van der Waals surface area (Å²) in [5, 5.41) is 0. The first-order chi connectivity index (χ1) is 5.35. The molecule has 0 amide bonds. The van der Waals surface area contributed by atoms with E-state index in [4.69, 9.17) is 0 Å². The lowest BCUT2D eigenvalue weighted by Gasteiger charge is -1.89. The van der Waals surface area contributed by atoms with Gasteiger partial charge in [0.15, 0.2) is 0 Å². The summed E-state index contributed by atoms with van der Waals surface area (Å²) in [4.78, 5) is 3.89. The van der Waals surface area contributed by atoms with E-state index in [1.54, 1.807) is 0 Å². The van der Waals surface area contributed by atoms with E-state index in [2.05, 4.69) is 25.8 Å². The van der Waals surface area contributed by atoms with Crippen molar-refractivity contribution in [2.24, 2.45) is 0 Å². The molecule has 1 aromatic heterocycles. The smallest absolute Gasteiger partial charge is 0.0270 e. The highest BCUT2D eigenvalue weighted by Crippen LogP contribution is 1.94. The molecule has 0 saturated carbocycles. The summed E-state index contributed by atoms with van der Waals surface area (Å²) in [6.07, 6.45) is 5.99. The van der Waals surface area contributed by atoms with Gasteiger partial charge in [0.05, 0.1) is 0 Å². The molecule has 0 aliphatic carbocycles. The Morgan fingerprint density at radius 3 is 1.82 bits per heavy atom. The van der Waals surface area contributed by atoms with Crippen LogP contribution in [0.4, 0.5) is 0 Å². The van der Waals surface area contributed by atoms with Gasteiger partial charge in [-0.15, -0.1) is 0 Å². The molecule has 0 N–H and O–H groups in total. The third-order valence-corrected chi connectivity index (χ3v) is 1.16. The molecule has 0 aliphatic heterocycles. The van der Waals surface area contributed by atoms with Gasteiger partial charge in [-0.1, -0.05) is 27.2 Å². The summed E-state index contributed by atoms with van der Waals surface area (Å²) in [6.45, 7) is 6.38. The Morgan fingerprint density at radius 2 is 1.55 bits per heavy atom. The van der Waals surface area contributed by atoms with Crippen LogP contribution in [-0.4, -0.2) is 4.98 Å². The second kappa shape index (κ2) is 7.26. The fraction of sp³-hybridized carbons (Fsp3) is 0.500. The molecule has 0 spiro atoms. The van der Waals surface area contributed by atoms with Crippen LogP contribution >= 0.6 is 0 Å². The van der Waals surface area contributed by atoms with Crippen molar-refractivity contribution < 1.29 is 0 Å². The highest BCUT2D eigenvalue weighted by atomic mass is 14.6. The van der Waals surface area contributed by atoms with E-state index in [0.29, 0.717) is 0 Å². The Labute approximate surface area is 69.5 Å². The van der Waals surface area contributed by atoms with Crippen molar-refractivity contribution in [3.05, 3.63) is 30.1 Å². The maximum Gasteiger partial charge on any atom is 0.0270 e. The van der Waals surface area contributed by atoms with Crippen LogP contribution in [0.15, 0.2) is 24.5 Å². The van der Waals surface area contributed by atoms with Gasteiger partial charge in [-0.3, -0.25) is 4.98 Å². The van der Waals surface area contributed by atoms with Crippen LogP contribution in [-0.2, 0) is 6.42 Å². The van der Waals surface area contributed by atoms with E-state index in [-0.39, 0.29) is 0 Å². The molecule has 11 heavy (non-hydrogen) atoms. The molecule has 1 rings (SSSR count). The first kappa shape index (κ1) is 10.2. The molecular weight excluding hydrogens is 134 g/mol.